The first-order valence-corrected chi connectivity index (χ1v) is 6.92. The molecule has 0 aliphatic rings. The second-order valence-corrected chi connectivity index (χ2v) is 5.40. The van der Waals surface area contributed by atoms with E-state index in [9.17, 15) is 0 Å². The van der Waals surface area contributed by atoms with Gasteiger partial charge in [0.25, 0.3) is 0 Å². The van der Waals surface area contributed by atoms with Gasteiger partial charge in [0.05, 0.1) is 10.0 Å². The van der Waals surface area contributed by atoms with Crippen LogP contribution in [0.3, 0.4) is 0 Å². The average molecular weight is 298 g/mol. The molecule has 1 aromatic heterocycles. The summed E-state index contributed by atoms with van der Waals surface area (Å²) in [4.78, 5) is 6.43. The summed E-state index contributed by atoms with van der Waals surface area (Å²) in [5, 5.41) is 1.26. The van der Waals surface area contributed by atoms with Crippen LogP contribution < -0.4 is 0 Å². The van der Waals surface area contributed by atoms with Gasteiger partial charge in [-0.1, -0.05) is 35.3 Å². The lowest BCUT2D eigenvalue weighted by Crippen LogP contribution is -2.23. The molecule has 0 aliphatic heterocycles. The first-order chi connectivity index (χ1) is 9.08. The van der Waals surface area contributed by atoms with Crippen LogP contribution in [0.25, 0.3) is 0 Å². The van der Waals surface area contributed by atoms with Crippen molar-refractivity contribution in [1.29, 1.82) is 0 Å². The number of aryl methyl sites for hydroxylation is 1. The quantitative estimate of drug-likeness (QED) is 0.840. The van der Waals surface area contributed by atoms with Gasteiger partial charge < -0.3 is 9.47 Å². The van der Waals surface area contributed by atoms with Crippen molar-refractivity contribution in [2.75, 3.05) is 13.6 Å². The molecule has 0 radical (unpaired) electrons. The van der Waals surface area contributed by atoms with Gasteiger partial charge in [-0.2, -0.15) is 0 Å². The molecule has 0 aliphatic carbocycles. The fraction of sp³-hybridized carbons (Fsp3) is 0.357. The summed E-state index contributed by atoms with van der Waals surface area (Å²) < 4.78 is 2.13. The van der Waals surface area contributed by atoms with Crippen molar-refractivity contribution in [3.8, 4) is 0 Å². The SMILES string of the molecule is Cc1nccn1CCN(C)Cc1cccc(Cl)c1Cl. The van der Waals surface area contributed by atoms with Gasteiger partial charge >= 0.3 is 0 Å². The molecule has 0 saturated heterocycles. The van der Waals surface area contributed by atoms with E-state index in [0.717, 1.165) is 31.0 Å². The van der Waals surface area contributed by atoms with Gasteiger partial charge in [0.15, 0.2) is 0 Å². The minimum Gasteiger partial charge on any atom is -0.334 e. The smallest absolute Gasteiger partial charge is 0.105 e. The van der Waals surface area contributed by atoms with E-state index in [1.54, 1.807) is 0 Å². The summed E-state index contributed by atoms with van der Waals surface area (Å²) in [5.74, 6) is 1.04. The molecular weight excluding hydrogens is 281 g/mol. The van der Waals surface area contributed by atoms with Crippen LogP contribution in [0.4, 0.5) is 0 Å². The van der Waals surface area contributed by atoms with E-state index in [1.165, 1.54) is 0 Å². The molecule has 1 heterocycles. The van der Waals surface area contributed by atoms with E-state index in [0.29, 0.717) is 10.0 Å². The monoisotopic (exact) mass is 297 g/mol. The van der Waals surface area contributed by atoms with E-state index in [2.05, 4.69) is 21.5 Å². The Morgan fingerprint density at radius 3 is 2.79 bits per heavy atom. The third-order valence-corrected chi connectivity index (χ3v) is 3.98. The molecule has 3 nitrogen and oxygen atoms in total. The van der Waals surface area contributed by atoms with E-state index in [-0.39, 0.29) is 0 Å². The molecule has 2 rings (SSSR count). The minimum atomic E-state index is 0.609. The molecule has 1 aromatic carbocycles. The van der Waals surface area contributed by atoms with Crippen LogP contribution >= 0.6 is 23.2 Å². The molecule has 0 fully saturated rings. The Morgan fingerprint density at radius 2 is 2.11 bits per heavy atom. The number of benzene rings is 1. The molecule has 0 atom stereocenters. The first-order valence-electron chi connectivity index (χ1n) is 6.17. The predicted molar refractivity (Wildman–Crippen MR) is 79.8 cm³/mol. The van der Waals surface area contributed by atoms with Crippen molar-refractivity contribution in [3.63, 3.8) is 0 Å². The maximum atomic E-state index is 6.19. The summed E-state index contributed by atoms with van der Waals surface area (Å²) in [6, 6.07) is 5.74. The number of aromatic nitrogens is 2. The van der Waals surface area contributed by atoms with Gasteiger partial charge in [0.2, 0.25) is 0 Å². The Morgan fingerprint density at radius 1 is 1.32 bits per heavy atom. The van der Waals surface area contributed by atoms with E-state index >= 15 is 0 Å². The third-order valence-electron chi connectivity index (χ3n) is 3.12. The number of hydrogen-bond donors (Lipinski definition) is 0. The Hall–Kier alpha value is -1.03. The summed E-state index contributed by atoms with van der Waals surface area (Å²) in [5.41, 5.74) is 1.05. The normalized spacial score (nSPS) is 11.2. The van der Waals surface area contributed by atoms with Crippen LogP contribution in [0.2, 0.25) is 10.0 Å². The lowest BCUT2D eigenvalue weighted by molar-refractivity contribution is 0.310. The highest BCUT2D eigenvalue weighted by molar-refractivity contribution is 6.42. The standard InChI is InChI=1S/C14H17Cl2N3/c1-11-17-6-7-19(11)9-8-18(2)10-12-4-3-5-13(15)14(12)16/h3-7H,8-10H2,1-2H3. The van der Waals surface area contributed by atoms with Crippen LogP contribution in [-0.2, 0) is 13.1 Å². The summed E-state index contributed by atoms with van der Waals surface area (Å²) in [7, 11) is 2.07. The number of likely N-dealkylation sites (N-methyl/N-ethyl adjacent to an activating group) is 1. The van der Waals surface area contributed by atoms with E-state index in [1.807, 2.05) is 37.5 Å². The average Bonchev–Trinajstić information content (AvgIpc) is 2.78. The molecule has 102 valence electrons. The van der Waals surface area contributed by atoms with Crippen molar-refractivity contribution in [1.82, 2.24) is 14.5 Å². The topological polar surface area (TPSA) is 21.1 Å². The lowest BCUT2D eigenvalue weighted by Gasteiger charge is -2.18. The number of rotatable bonds is 5. The number of imidazole rings is 1. The molecule has 19 heavy (non-hydrogen) atoms. The maximum absolute atomic E-state index is 6.19. The zero-order valence-corrected chi connectivity index (χ0v) is 12.6. The lowest BCUT2D eigenvalue weighted by atomic mass is 10.2. The Balaban J connectivity index is 1.92. The highest BCUT2D eigenvalue weighted by atomic mass is 35.5. The largest absolute Gasteiger partial charge is 0.334 e. The maximum Gasteiger partial charge on any atom is 0.105 e. The van der Waals surface area contributed by atoms with Gasteiger partial charge in [0, 0.05) is 32.0 Å². The van der Waals surface area contributed by atoms with Crippen LogP contribution in [0, 0.1) is 6.92 Å². The highest BCUT2D eigenvalue weighted by Gasteiger charge is 2.07. The van der Waals surface area contributed by atoms with Crippen LogP contribution in [0.5, 0.6) is 0 Å². The summed E-state index contributed by atoms with van der Waals surface area (Å²) in [6.45, 7) is 4.64. The predicted octanol–water partition coefficient (Wildman–Crippen LogP) is 3.63. The molecule has 0 saturated carbocycles. The van der Waals surface area contributed by atoms with Gasteiger partial charge in [-0.05, 0) is 25.6 Å². The second kappa shape index (κ2) is 6.42. The van der Waals surface area contributed by atoms with Gasteiger partial charge in [-0.3, -0.25) is 0 Å². The Labute approximate surface area is 123 Å². The molecule has 0 spiro atoms. The molecule has 0 unspecified atom stereocenters. The van der Waals surface area contributed by atoms with Gasteiger partial charge in [0.1, 0.15) is 5.82 Å². The number of nitrogens with zero attached hydrogens (tertiary/aromatic N) is 3. The zero-order valence-electron chi connectivity index (χ0n) is 11.1. The fourth-order valence-corrected chi connectivity index (χ4v) is 2.34. The summed E-state index contributed by atoms with van der Waals surface area (Å²) >= 11 is 12.2. The highest BCUT2D eigenvalue weighted by Crippen LogP contribution is 2.26. The van der Waals surface area contributed by atoms with Crippen molar-refractivity contribution in [3.05, 3.63) is 52.0 Å². The van der Waals surface area contributed by atoms with E-state index < -0.39 is 0 Å². The molecule has 5 heteroatoms. The Bertz CT molecular complexity index is 551. The molecule has 0 N–H and O–H groups in total. The van der Waals surface area contributed by atoms with Crippen LogP contribution in [-0.4, -0.2) is 28.0 Å². The molecule has 0 amide bonds. The van der Waals surface area contributed by atoms with Crippen molar-refractivity contribution in [2.24, 2.45) is 0 Å². The fourth-order valence-electron chi connectivity index (χ4n) is 1.96. The van der Waals surface area contributed by atoms with Gasteiger partial charge in [-0.15, -0.1) is 0 Å². The van der Waals surface area contributed by atoms with Crippen LogP contribution in [0.1, 0.15) is 11.4 Å². The van der Waals surface area contributed by atoms with Crippen LogP contribution in [0.15, 0.2) is 30.6 Å². The molecular formula is C14H17Cl2N3. The first kappa shape index (κ1) is 14.4. The van der Waals surface area contributed by atoms with Gasteiger partial charge in [-0.25, -0.2) is 4.98 Å². The number of halogens is 2. The van der Waals surface area contributed by atoms with Crippen molar-refractivity contribution >= 4 is 23.2 Å². The van der Waals surface area contributed by atoms with Crippen molar-refractivity contribution in [2.45, 2.75) is 20.0 Å². The second-order valence-electron chi connectivity index (χ2n) is 4.62. The third kappa shape index (κ3) is 3.72. The zero-order chi connectivity index (χ0) is 13.8. The molecule has 0 bridgehead atoms. The Kier molecular flexibility index (Phi) is 4.86. The summed E-state index contributed by atoms with van der Waals surface area (Å²) in [6.07, 6.45) is 3.82. The minimum absolute atomic E-state index is 0.609. The van der Waals surface area contributed by atoms with E-state index in [4.69, 9.17) is 23.2 Å². The van der Waals surface area contributed by atoms with Crippen molar-refractivity contribution < 1.29 is 0 Å². The number of hydrogen-bond acceptors (Lipinski definition) is 2. The molecule has 2 aromatic rings.